The minimum Gasteiger partial charge on any atom is -0.378 e. The van der Waals surface area contributed by atoms with Crippen molar-refractivity contribution in [1.82, 2.24) is 0 Å². The van der Waals surface area contributed by atoms with Gasteiger partial charge in [0.15, 0.2) is 0 Å². The number of ether oxygens (including phenoxy) is 1. The van der Waals surface area contributed by atoms with Crippen LogP contribution in [0.5, 0.6) is 0 Å². The summed E-state index contributed by atoms with van der Waals surface area (Å²) in [6.07, 6.45) is 7.79. The second-order valence-corrected chi connectivity index (χ2v) is 7.07. The SMILES string of the molecule is CC(C)C1CC1OCCC(C)[C@H]1CCC[C@@H](C#N)C1. The lowest BCUT2D eigenvalue weighted by molar-refractivity contribution is 0.0810. The first-order valence-electron chi connectivity index (χ1n) is 8.13. The van der Waals surface area contributed by atoms with E-state index in [4.69, 9.17) is 10.00 Å². The monoisotopic (exact) mass is 263 g/mol. The van der Waals surface area contributed by atoms with E-state index in [0.29, 0.717) is 17.9 Å². The van der Waals surface area contributed by atoms with Gasteiger partial charge in [-0.25, -0.2) is 0 Å². The fourth-order valence-corrected chi connectivity index (χ4v) is 3.59. The molecule has 2 nitrogen and oxygen atoms in total. The molecule has 19 heavy (non-hydrogen) atoms. The number of rotatable bonds is 6. The van der Waals surface area contributed by atoms with Gasteiger partial charge in [-0.3, -0.25) is 0 Å². The summed E-state index contributed by atoms with van der Waals surface area (Å²) in [5.41, 5.74) is 0. The van der Waals surface area contributed by atoms with Crippen molar-refractivity contribution in [3.63, 3.8) is 0 Å². The molecular weight excluding hydrogens is 234 g/mol. The van der Waals surface area contributed by atoms with E-state index >= 15 is 0 Å². The standard InChI is InChI=1S/C17H29NO/c1-12(2)16-10-17(16)19-8-7-13(3)15-6-4-5-14(9-15)11-18/h12-17H,4-10H2,1-3H3/t13?,14-,15+,16?,17?/m1/s1. The summed E-state index contributed by atoms with van der Waals surface area (Å²) in [4.78, 5) is 0. The van der Waals surface area contributed by atoms with Gasteiger partial charge in [-0.15, -0.1) is 0 Å². The molecular formula is C17H29NO. The van der Waals surface area contributed by atoms with Crippen LogP contribution in [-0.2, 0) is 4.74 Å². The van der Waals surface area contributed by atoms with Gasteiger partial charge in [0, 0.05) is 12.5 Å². The van der Waals surface area contributed by atoms with Gasteiger partial charge in [-0.05, 0) is 49.4 Å². The summed E-state index contributed by atoms with van der Waals surface area (Å²) in [5, 5.41) is 9.05. The topological polar surface area (TPSA) is 33.0 Å². The van der Waals surface area contributed by atoms with Gasteiger partial charge in [-0.1, -0.05) is 33.6 Å². The maximum atomic E-state index is 9.05. The Bertz CT molecular complexity index is 320. The van der Waals surface area contributed by atoms with Crippen molar-refractivity contribution < 1.29 is 4.74 Å². The molecule has 3 unspecified atom stereocenters. The van der Waals surface area contributed by atoms with Crippen LogP contribution in [0.2, 0.25) is 0 Å². The lowest BCUT2D eigenvalue weighted by Crippen LogP contribution is -2.21. The Labute approximate surface area is 118 Å². The molecule has 0 bridgehead atoms. The molecule has 0 saturated heterocycles. The predicted octanol–water partition coefficient (Wildman–Crippen LogP) is 4.40. The van der Waals surface area contributed by atoms with Crippen LogP contribution in [0.3, 0.4) is 0 Å². The quantitative estimate of drug-likeness (QED) is 0.711. The summed E-state index contributed by atoms with van der Waals surface area (Å²) in [6.45, 7) is 7.85. The van der Waals surface area contributed by atoms with E-state index in [1.807, 2.05) is 0 Å². The molecule has 0 amide bonds. The van der Waals surface area contributed by atoms with Crippen LogP contribution < -0.4 is 0 Å². The molecule has 2 rings (SSSR count). The van der Waals surface area contributed by atoms with E-state index in [-0.39, 0.29) is 0 Å². The number of hydrogen-bond acceptors (Lipinski definition) is 2. The third-order valence-electron chi connectivity index (χ3n) is 5.24. The summed E-state index contributed by atoms with van der Waals surface area (Å²) in [7, 11) is 0. The maximum Gasteiger partial charge on any atom is 0.0655 e. The second kappa shape index (κ2) is 6.75. The molecule has 2 heteroatoms. The first-order chi connectivity index (χ1) is 9.11. The summed E-state index contributed by atoms with van der Waals surface area (Å²) >= 11 is 0. The largest absolute Gasteiger partial charge is 0.378 e. The highest BCUT2D eigenvalue weighted by atomic mass is 16.5. The molecule has 0 aromatic heterocycles. The highest BCUT2D eigenvalue weighted by Gasteiger charge is 2.40. The van der Waals surface area contributed by atoms with Gasteiger partial charge < -0.3 is 4.74 Å². The van der Waals surface area contributed by atoms with Crippen molar-refractivity contribution in [3.05, 3.63) is 0 Å². The molecule has 0 aromatic carbocycles. The molecule has 2 fully saturated rings. The smallest absolute Gasteiger partial charge is 0.0655 e. The molecule has 108 valence electrons. The van der Waals surface area contributed by atoms with Crippen molar-refractivity contribution in [2.75, 3.05) is 6.61 Å². The van der Waals surface area contributed by atoms with Crippen LogP contribution >= 0.6 is 0 Å². The molecule has 2 saturated carbocycles. The van der Waals surface area contributed by atoms with Gasteiger partial charge in [0.25, 0.3) is 0 Å². The second-order valence-electron chi connectivity index (χ2n) is 7.07. The van der Waals surface area contributed by atoms with Crippen LogP contribution in [0.15, 0.2) is 0 Å². The average Bonchev–Trinajstić information content (AvgIpc) is 3.18. The van der Waals surface area contributed by atoms with Gasteiger partial charge >= 0.3 is 0 Å². The van der Waals surface area contributed by atoms with E-state index in [1.165, 1.54) is 25.7 Å². The lowest BCUT2D eigenvalue weighted by Gasteiger charge is -2.30. The molecule has 0 heterocycles. The van der Waals surface area contributed by atoms with E-state index in [1.54, 1.807) is 0 Å². The van der Waals surface area contributed by atoms with Gasteiger partial charge in [-0.2, -0.15) is 5.26 Å². The maximum absolute atomic E-state index is 9.05. The van der Waals surface area contributed by atoms with E-state index in [2.05, 4.69) is 26.8 Å². The van der Waals surface area contributed by atoms with Gasteiger partial charge in [0.05, 0.1) is 12.2 Å². The molecule has 0 aliphatic heterocycles. The van der Waals surface area contributed by atoms with Gasteiger partial charge in [0.1, 0.15) is 0 Å². The molecule has 0 radical (unpaired) electrons. The Morgan fingerprint density at radius 3 is 2.63 bits per heavy atom. The first kappa shape index (κ1) is 14.9. The average molecular weight is 263 g/mol. The lowest BCUT2D eigenvalue weighted by atomic mass is 9.75. The predicted molar refractivity (Wildman–Crippen MR) is 77.5 cm³/mol. The zero-order valence-corrected chi connectivity index (χ0v) is 12.8. The molecule has 0 spiro atoms. The summed E-state index contributed by atoms with van der Waals surface area (Å²) in [6, 6.07) is 2.46. The van der Waals surface area contributed by atoms with Crippen molar-refractivity contribution >= 4 is 0 Å². The van der Waals surface area contributed by atoms with Crippen LogP contribution in [0, 0.1) is 40.9 Å². The number of nitriles is 1. The van der Waals surface area contributed by atoms with Crippen molar-refractivity contribution in [3.8, 4) is 6.07 Å². The third kappa shape index (κ3) is 4.21. The molecule has 0 N–H and O–H groups in total. The Hall–Kier alpha value is -0.550. The minimum atomic E-state index is 0.316. The fraction of sp³-hybridized carbons (Fsp3) is 0.941. The Kier molecular flexibility index (Phi) is 5.28. The molecule has 2 aliphatic carbocycles. The zero-order chi connectivity index (χ0) is 13.8. The van der Waals surface area contributed by atoms with Crippen LogP contribution in [0.1, 0.15) is 59.3 Å². The number of hydrogen-bond donors (Lipinski definition) is 0. The molecule has 5 atom stereocenters. The zero-order valence-electron chi connectivity index (χ0n) is 12.8. The fourth-order valence-electron chi connectivity index (χ4n) is 3.59. The highest BCUT2D eigenvalue weighted by molar-refractivity contribution is 4.90. The van der Waals surface area contributed by atoms with E-state index < -0.39 is 0 Å². The van der Waals surface area contributed by atoms with Gasteiger partial charge in [0.2, 0.25) is 0 Å². The summed E-state index contributed by atoms with van der Waals surface area (Å²) in [5.74, 6) is 3.37. The Balaban J connectivity index is 1.62. The van der Waals surface area contributed by atoms with E-state index in [9.17, 15) is 0 Å². The third-order valence-corrected chi connectivity index (χ3v) is 5.24. The van der Waals surface area contributed by atoms with Crippen molar-refractivity contribution in [1.29, 1.82) is 5.26 Å². The molecule has 2 aliphatic rings. The normalized spacial score (nSPS) is 35.9. The Morgan fingerprint density at radius 2 is 2.00 bits per heavy atom. The minimum absolute atomic E-state index is 0.316. The van der Waals surface area contributed by atoms with Crippen LogP contribution in [0.4, 0.5) is 0 Å². The van der Waals surface area contributed by atoms with Crippen molar-refractivity contribution in [2.24, 2.45) is 29.6 Å². The Morgan fingerprint density at radius 1 is 1.21 bits per heavy atom. The highest BCUT2D eigenvalue weighted by Crippen LogP contribution is 2.40. The van der Waals surface area contributed by atoms with Crippen LogP contribution in [0.25, 0.3) is 0 Å². The van der Waals surface area contributed by atoms with E-state index in [0.717, 1.165) is 37.2 Å². The van der Waals surface area contributed by atoms with Crippen molar-refractivity contribution in [2.45, 2.75) is 65.4 Å². The first-order valence-corrected chi connectivity index (χ1v) is 8.13. The van der Waals surface area contributed by atoms with Crippen LogP contribution in [-0.4, -0.2) is 12.7 Å². The summed E-state index contributed by atoms with van der Waals surface area (Å²) < 4.78 is 5.98. The number of nitrogens with zero attached hydrogens (tertiary/aromatic N) is 1. The molecule has 0 aromatic rings.